The maximum Gasteiger partial charge on any atom is 0.178 e. The fourth-order valence-electron chi connectivity index (χ4n) is 3.04. The highest BCUT2D eigenvalue weighted by molar-refractivity contribution is 5.91. The molecule has 0 spiro atoms. The predicted molar refractivity (Wildman–Crippen MR) is 94.9 cm³/mol. The van der Waals surface area contributed by atoms with Crippen molar-refractivity contribution in [3.8, 4) is 22.8 Å². The second-order valence-corrected chi connectivity index (χ2v) is 5.95. The van der Waals surface area contributed by atoms with E-state index in [1.165, 1.54) is 0 Å². The minimum absolute atomic E-state index is 0.149. The largest absolute Gasteiger partial charge is 0.390 e. The van der Waals surface area contributed by atoms with E-state index in [0.29, 0.717) is 34.1 Å². The molecule has 0 saturated carbocycles. The van der Waals surface area contributed by atoms with Crippen LogP contribution in [0.5, 0.6) is 0 Å². The van der Waals surface area contributed by atoms with Crippen LogP contribution in [0.25, 0.3) is 45.0 Å². The van der Waals surface area contributed by atoms with E-state index in [0.717, 1.165) is 16.6 Å². The quantitative estimate of drug-likeness (QED) is 0.458. The zero-order chi connectivity index (χ0) is 17.7. The number of aromatic nitrogens is 8. The van der Waals surface area contributed by atoms with Crippen LogP contribution in [0.2, 0.25) is 0 Å². The molecule has 0 aliphatic carbocycles. The summed E-state index contributed by atoms with van der Waals surface area (Å²) in [5.74, 6) is 0.600. The van der Waals surface area contributed by atoms with E-state index in [1.807, 2.05) is 37.5 Å². The van der Waals surface area contributed by atoms with Gasteiger partial charge in [0.2, 0.25) is 0 Å². The van der Waals surface area contributed by atoms with Crippen LogP contribution in [0.1, 0.15) is 5.69 Å². The standard InChI is InChI=1S/C17H14N8O/c1-25-7-9(13(8-26)24-25)10-4-5-11-14(19-10)15(23-22-11)17-20-12-3-2-6-18-16(12)21-17/h2-7,26H,8H2,1H3,(H,22,23)(H,18,20,21). The zero-order valence-electron chi connectivity index (χ0n) is 13.8. The SMILES string of the molecule is Cn1cc(-c2ccc3[nH]nc(-c4nc5ncccc5[nH]4)c3n2)c(CO)n1. The third-order valence-corrected chi connectivity index (χ3v) is 4.22. The summed E-state index contributed by atoms with van der Waals surface area (Å²) in [6.45, 7) is -0.149. The lowest BCUT2D eigenvalue weighted by Crippen LogP contribution is -1.91. The molecule has 26 heavy (non-hydrogen) atoms. The van der Waals surface area contributed by atoms with Gasteiger partial charge in [0.15, 0.2) is 17.2 Å². The van der Waals surface area contributed by atoms with Crippen molar-refractivity contribution in [1.29, 1.82) is 0 Å². The molecule has 0 aliphatic heterocycles. The zero-order valence-corrected chi connectivity index (χ0v) is 13.8. The molecular weight excluding hydrogens is 332 g/mol. The van der Waals surface area contributed by atoms with Crippen molar-refractivity contribution < 1.29 is 5.11 Å². The smallest absolute Gasteiger partial charge is 0.178 e. The van der Waals surface area contributed by atoms with Crippen molar-refractivity contribution in [3.05, 3.63) is 42.4 Å². The number of aryl methyl sites for hydroxylation is 1. The fourth-order valence-corrected chi connectivity index (χ4v) is 3.04. The van der Waals surface area contributed by atoms with Crippen LogP contribution in [0, 0.1) is 0 Å². The molecule has 5 heterocycles. The number of aliphatic hydroxyl groups excluding tert-OH is 1. The highest BCUT2D eigenvalue weighted by Crippen LogP contribution is 2.28. The molecule has 0 unspecified atom stereocenters. The Morgan fingerprint density at radius 3 is 2.92 bits per heavy atom. The second kappa shape index (κ2) is 5.46. The van der Waals surface area contributed by atoms with Crippen molar-refractivity contribution in [2.45, 2.75) is 6.61 Å². The Labute approximate surface area is 146 Å². The van der Waals surface area contributed by atoms with Crippen LogP contribution in [0.3, 0.4) is 0 Å². The molecule has 9 heteroatoms. The lowest BCUT2D eigenvalue weighted by atomic mass is 10.1. The number of nitrogens with one attached hydrogen (secondary N) is 2. The van der Waals surface area contributed by atoms with Crippen molar-refractivity contribution >= 4 is 22.2 Å². The molecule has 128 valence electrons. The number of pyridine rings is 2. The van der Waals surface area contributed by atoms with E-state index in [4.69, 9.17) is 4.98 Å². The van der Waals surface area contributed by atoms with E-state index in [-0.39, 0.29) is 6.61 Å². The number of aromatic amines is 2. The van der Waals surface area contributed by atoms with E-state index in [1.54, 1.807) is 10.9 Å². The summed E-state index contributed by atoms with van der Waals surface area (Å²) in [4.78, 5) is 16.7. The van der Waals surface area contributed by atoms with E-state index >= 15 is 0 Å². The maximum atomic E-state index is 9.54. The highest BCUT2D eigenvalue weighted by Gasteiger charge is 2.17. The van der Waals surface area contributed by atoms with Gasteiger partial charge in [-0.2, -0.15) is 10.2 Å². The molecule has 5 rings (SSSR count). The third-order valence-electron chi connectivity index (χ3n) is 4.22. The summed E-state index contributed by atoms with van der Waals surface area (Å²) in [5.41, 5.74) is 5.66. The van der Waals surface area contributed by atoms with Gasteiger partial charge in [0, 0.05) is 25.0 Å². The molecule has 0 radical (unpaired) electrons. The molecule has 0 saturated heterocycles. The van der Waals surface area contributed by atoms with Gasteiger partial charge in [0.25, 0.3) is 0 Å². The average Bonchev–Trinajstić information content (AvgIpc) is 3.36. The summed E-state index contributed by atoms with van der Waals surface area (Å²) >= 11 is 0. The first-order chi connectivity index (χ1) is 12.7. The van der Waals surface area contributed by atoms with Crippen LogP contribution in [0.4, 0.5) is 0 Å². The summed E-state index contributed by atoms with van der Waals surface area (Å²) in [5, 5.41) is 21.1. The van der Waals surface area contributed by atoms with E-state index in [9.17, 15) is 5.11 Å². The van der Waals surface area contributed by atoms with Crippen LogP contribution >= 0.6 is 0 Å². The number of H-pyrrole nitrogens is 2. The Balaban J connectivity index is 1.70. The molecule has 3 N–H and O–H groups in total. The lowest BCUT2D eigenvalue weighted by molar-refractivity contribution is 0.276. The second-order valence-electron chi connectivity index (χ2n) is 5.95. The molecule has 0 fully saturated rings. The molecule has 0 aromatic carbocycles. The average molecular weight is 346 g/mol. The topological polar surface area (TPSA) is 121 Å². The van der Waals surface area contributed by atoms with Gasteiger partial charge in [0.1, 0.15) is 5.52 Å². The van der Waals surface area contributed by atoms with Crippen LogP contribution < -0.4 is 0 Å². The molecule has 0 aliphatic rings. The number of nitrogens with zero attached hydrogens (tertiary/aromatic N) is 6. The van der Waals surface area contributed by atoms with Gasteiger partial charge >= 0.3 is 0 Å². The molecule has 9 nitrogen and oxygen atoms in total. The molecule has 5 aromatic rings. The summed E-state index contributed by atoms with van der Waals surface area (Å²) in [6, 6.07) is 7.54. The number of rotatable bonds is 3. The lowest BCUT2D eigenvalue weighted by Gasteiger charge is -2.00. The first kappa shape index (κ1) is 14.7. The normalized spacial score (nSPS) is 11.6. The van der Waals surface area contributed by atoms with Crippen molar-refractivity contribution in [1.82, 2.24) is 39.9 Å². The number of imidazole rings is 1. The monoisotopic (exact) mass is 346 g/mol. The van der Waals surface area contributed by atoms with Crippen LogP contribution in [-0.2, 0) is 13.7 Å². The van der Waals surface area contributed by atoms with Crippen molar-refractivity contribution in [2.75, 3.05) is 0 Å². The van der Waals surface area contributed by atoms with Crippen molar-refractivity contribution in [3.63, 3.8) is 0 Å². The molecule has 5 aromatic heterocycles. The molecule has 0 amide bonds. The molecule has 0 atom stereocenters. The number of hydrogen-bond acceptors (Lipinski definition) is 6. The first-order valence-corrected chi connectivity index (χ1v) is 8.03. The highest BCUT2D eigenvalue weighted by atomic mass is 16.3. The number of hydrogen-bond donors (Lipinski definition) is 3. The Bertz CT molecular complexity index is 1220. The third kappa shape index (κ3) is 2.18. The Kier molecular flexibility index (Phi) is 3.09. The number of aliphatic hydroxyl groups is 1. The Hall–Kier alpha value is -3.59. The molecule has 0 bridgehead atoms. The van der Waals surface area contributed by atoms with Gasteiger partial charge < -0.3 is 10.1 Å². The van der Waals surface area contributed by atoms with Crippen molar-refractivity contribution in [2.24, 2.45) is 7.05 Å². The predicted octanol–water partition coefficient (Wildman–Crippen LogP) is 1.79. The first-order valence-electron chi connectivity index (χ1n) is 8.03. The summed E-state index contributed by atoms with van der Waals surface area (Å²) in [7, 11) is 1.81. The fraction of sp³-hybridized carbons (Fsp3) is 0.118. The minimum Gasteiger partial charge on any atom is -0.390 e. The Morgan fingerprint density at radius 1 is 1.15 bits per heavy atom. The van der Waals surface area contributed by atoms with Gasteiger partial charge in [-0.25, -0.2) is 15.0 Å². The van der Waals surface area contributed by atoms with Gasteiger partial charge in [-0.3, -0.25) is 9.78 Å². The minimum atomic E-state index is -0.149. The van der Waals surface area contributed by atoms with E-state index in [2.05, 4.69) is 30.2 Å². The molecular formula is C17H14N8O. The van der Waals surface area contributed by atoms with Gasteiger partial charge in [0.05, 0.1) is 29.0 Å². The van der Waals surface area contributed by atoms with Gasteiger partial charge in [-0.15, -0.1) is 0 Å². The van der Waals surface area contributed by atoms with Crippen LogP contribution in [0.15, 0.2) is 36.7 Å². The summed E-state index contributed by atoms with van der Waals surface area (Å²) < 4.78 is 1.66. The van der Waals surface area contributed by atoms with Crippen LogP contribution in [-0.4, -0.2) is 45.0 Å². The van der Waals surface area contributed by atoms with E-state index < -0.39 is 0 Å². The summed E-state index contributed by atoms with van der Waals surface area (Å²) in [6.07, 6.45) is 3.54. The van der Waals surface area contributed by atoms with Gasteiger partial charge in [-0.05, 0) is 24.3 Å². The Morgan fingerprint density at radius 2 is 2.08 bits per heavy atom. The van der Waals surface area contributed by atoms with Gasteiger partial charge in [-0.1, -0.05) is 0 Å². The maximum absolute atomic E-state index is 9.54. The number of fused-ring (bicyclic) bond motifs is 2.